The van der Waals surface area contributed by atoms with Crippen LogP contribution in [0.15, 0.2) is 229 Å². The summed E-state index contributed by atoms with van der Waals surface area (Å²) >= 11 is 0. The lowest BCUT2D eigenvalue weighted by atomic mass is 9.63. The molecule has 264 valence electrons. The van der Waals surface area contributed by atoms with Crippen LogP contribution in [-0.4, -0.2) is 0 Å². The van der Waals surface area contributed by atoms with E-state index in [1.807, 2.05) is 0 Å². The van der Waals surface area contributed by atoms with Crippen LogP contribution in [0.1, 0.15) is 27.8 Å². The summed E-state index contributed by atoms with van der Waals surface area (Å²) in [5, 5.41) is 7.89. The second kappa shape index (κ2) is 11.5. The number of fused-ring (bicyclic) bond motifs is 3. The molecule has 0 N–H and O–H groups in total. The molecule has 8 aromatic carbocycles. The molecule has 0 heterocycles. The van der Waals surface area contributed by atoms with Gasteiger partial charge in [-0.1, -0.05) is 194 Å². The van der Waals surface area contributed by atoms with Crippen molar-refractivity contribution in [3.63, 3.8) is 0 Å². The molecule has 2 atom stereocenters. The molecule has 2 unspecified atom stereocenters. The Morgan fingerprint density at radius 2 is 0.965 bits per heavy atom. The normalized spacial score (nSPS) is 19.4. The molecule has 5 aliphatic carbocycles. The van der Waals surface area contributed by atoms with Gasteiger partial charge in [-0.05, 0) is 122 Å². The summed E-state index contributed by atoms with van der Waals surface area (Å²) in [6.07, 6.45) is 21.0. The van der Waals surface area contributed by atoms with Crippen LogP contribution in [0.4, 0.5) is 0 Å². The Morgan fingerprint density at radius 1 is 0.386 bits per heavy atom. The smallest absolute Gasteiger partial charge is 0.0622 e. The Labute approximate surface area is 332 Å². The fraction of sp³-hybridized carbons (Fsp3) is 0.0526. The molecule has 0 heteroatoms. The molecule has 8 aromatic rings. The van der Waals surface area contributed by atoms with Gasteiger partial charge in [0.1, 0.15) is 0 Å². The predicted molar refractivity (Wildman–Crippen MR) is 238 cm³/mol. The first-order chi connectivity index (χ1) is 28.3. The Bertz CT molecular complexity index is 3210. The van der Waals surface area contributed by atoms with Crippen LogP contribution in [0.3, 0.4) is 0 Å². The van der Waals surface area contributed by atoms with Crippen LogP contribution in [0.5, 0.6) is 0 Å². The summed E-state index contributed by atoms with van der Waals surface area (Å²) in [5.41, 5.74) is 18.1. The summed E-state index contributed by atoms with van der Waals surface area (Å²) in [5.74, 6) is 0.706. The molecule has 0 bridgehead atoms. The van der Waals surface area contributed by atoms with Crippen molar-refractivity contribution in [1.29, 1.82) is 0 Å². The van der Waals surface area contributed by atoms with Crippen LogP contribution >= 0.6 is 0 Å². The molecule has 0 aromatic heterocycles. The van der Waals surface area contributed by atoms with Crippen LogP contribution in [0.2, 0.25) is 0 Å². The average Bonchev–Trinajstić information content (AvgIpc) is 3.57. The Hall–Kier alpha value is -7.02. The quantitative estimate of drug-likeness (QED) is 0.159. The zero-order valence-corrected chi connectivity index (χ0v) is 31.3. The topological polar surface area (TPSA) is 0 Å². The zero-order valence-electron chi connectivity index (χ0n) is 31.3. The third-order valence-electron chi connectivity index (χ3n) is 13.7. The monoisotopic (exact) mass is 720 g/mol. The molecule has 13 rings (SSSR count). The van der Waals surface area contributed by atoms with Gasteiger partial charge in [-0.2, -0.15) is 0 Å². The maximum absolute atomic E-state index is 2.53. The number of allylic oxidation sites excluding steroid dienone is 14. The van der Waals surface area contributed by atoms with Gasteiger partial charge < -0.3 is 0 Å². The lowest BCUT2D eigenvalue weighted by Gasteiger charge is -2.40. The van der Waals surface area contributed by atoms with Gasteiger partial charge in [-0.15, -0.1) is 0 Å². The zero-order chi connectivity index (χ0) is 37.2. The van der Waals surface area contributed by atoms with E-state index in [2.05, 4.69) is 206 Å². The summed E-state index contributed by atoms with van der Waals surface area (Å²) in [7, 11) is 0. The Balaban J connectivity index is 1.06. The molecule has 0 saturated heterocycles. The van der Waals surface area contributed by atoms with Crippen molar-refractivity contribution < 1.29 is 0 Å². The minimum atomic E-state index is -0.523. The van der Waals surface area contributed by atoms with Gasteiger partial charge in [0.15, 0.2) is 0 Å². The fourth-order valence-electron chi connectivity index (χ4n) is 11.3. The largest absolute Gasteiger partial charge is 0.0713 e. The average molecular weight is 721 g/mol. The Kier molecular flexibility index (Phi) is 6.30. The van der Waals surface area contributed by atoms with E-state index in [9.17, 15) is 0 Å². The molecule has 0 saturated carbocycles. The highest BCUT2D eigenvalue weighted by Crippen LogP contribution is 2.58. The van der Waals surface area contributed by atoms with Crippen molar-refractivity contribution in [2.75, 3.05) is 0 Å². The molecule has 0 amide bonds. The standard InChI is InChI=1S/C57H36/c1-3-13-43(14-4-1)57(44-15-5-2-6-16-44)51-33-41(45-27-21-39-19-17-35-9-7-11-37-23-31-49(45)55(39)53(35)37)25-29-47(51)48-30-26-42(34-52(48)57)46-28-22-40-20-18-36-10-8-12-38-24-32-50(46)56(40)54(36)38/h1-34,53,55H. The second-order valence-electron chi connectivity index (χ2n) is 16.3. The van der Waals surface area contributed by atoms with Gasteiger partial charge >= 0.3 is 0 Å². The van der Waals surface area contributed by atoms with E-state index in [-0.39, 0.29) is 0 Å². The van der Waals surface area contributed by atoms with Gasteiger partial charge in [0.05, 0.1) is 5.41 Å². The van der Waals surface area contributed by atoms with Crippen LogP contribution in [0.25, 0.3) is 60.1 Å². The van der Waals surface area contributed by atoms with Crippen molar-refractivity contribution in [2.24, 2.45) is 11.8 Å². The first-order valence-electron chi connectivity index (χ1n) is 20.2. The van der Waals surface area contributed by atoms with E-state index >= 15 is 0 Å². The molecular weight excluding hydrogens is 685 g/mol. The molecule has 0 fully saturated rings. The van der Waals surface area contributed by atoms with Crippen molar-refractivity contribution in [3.8, 4) is 22.3 Å². The van der Waals surface area contributed by atoms with Gasteiger partial charge in [0, 0.05) is 11.8 Å². The van der Waals surface area contributed by atoms with E-state index < -0.39 is 5.41 Å². The molecular formula is C57H36. The number of hydrogen-bond acceptors (Lipinski definition) is 0. The van der Waals surface area contributed by atoms with E-state index in [0.717, 1.165) is 0 Å². The third kappa shape index (κ3) is 4.17. The van der Waals surface area contributed by atoms with E-state index in [0.29, 0.717) is 11.8 Å². The number of hydrogen-bond donors (Lipinski definition) is 0. The second-order valence-corrected chi connectivity index (χ2v) is 16.3. The molecule has 0 nitrogen and oxygen atoms in total. The lowest BCUT2D eigenvalue weighted by molar-refractivity contribution is 0.566. The van der Waals surface area contributed by atoms with Crippen molar-refractivity contribution in [2.45, 2.75) is 5.41 Å². The summed E-state index contributed by atoms with van der Waals surface area (Å²) in [6.45, 7) is 0. The molecule has 5 aliphatic rings. The van der Waals surface area contributed by atoms with E-state index in [1.165, 1.54) is 110 Å². The van der Waals surface area contributed by atoms with Crippen LogP contribution < -0.4 is 0 Å². The highest BCUT2D eigenvalue weighted by atomic mass is 14.5. The van der Waals surface area contributed by atoms with Gasteiger partial charge in [0.25, 0.3) is 0 Å². The summed E-state index contributed by atoms with van der Waals surface area (Å²) in [6, 6.07) is 57.6. The lowest BCUT2D eigenvalue weighted by Crippen LogP contribution is -2.29. The minimum Gasteiger partial charge on any atom is -0.0622 e. The highest BCUT2D eigenvalue weighted by molar-refractivity contribution is 6.25. The van der Waals surface area contributed by atoms with E-state index in [4.69, 9.17) is 0 Å². The first-order valence-corrected chi connectivity index (χ1v) is 20.2. The summed E-state index contributed by atoms with van der Waals surface area (Å²) < 4.78 is 0. The third-order valence-corrected chi connectivity index (χ3v) is 13.7. The molecule has 0 aliphatic heterocycles. The fourth-order valence-corrected chi connectivity index (χ4v) is 11.3. The van der Waals surface area contributed by atoms with Gasteiger partial charge in [0.2, 0.25) is 0 Å². The van der Waals surface area contributed by atoms with Crippen LogP contribution in [-0.2, 0) is 5.41 Å². The minimum absolute atomic E-state index is 0.331. The van der Waals surface area contributed by atoms with Gasteiger partial charge in [-0.3, -0.25) is 0 Å². The summed E-state index contributed by atoms with van der Waals surface area (Å²) in [4.78, 5) is 0. The highest BCUT2D eigenvalue weighted by Gasteiger charge is 2.47. The Morgan fingerprint density at radius 3 is 1.70 bits per heavy atom. The predicted octanol–water partition coefficient (Wildman–Crippen LogP) is 14.1. The number of rotatable bonds is 4. The van der Waals surface area contributed by atoms with E-state index in [1.54, 1.807) is 0 Å². The van der Waals surface area contributed by atoms with Crippen molar-refractivity contribution in [3.05, 3.63) is 256 Å². The van der Waals surface area contributed by atoms with Crippen LogP contribution in [0, 0.1) is 11.8 Å². The molecule has 0 spiro atoms. The number of benzene rings is 8. The molecule has 57 heavy (non-hydrogen) atoms. The van der Waals surface area contributed by atoms with Crippen molar-refractivity contribution >= 4 is 37.9 Å². The first kappa shape index (κ1) is 31.2. The SMILES string of the molecule is C1=CC2=CC=C3C=CC(c4ccc5c(c4)C(c4ccccc4)(c4ccccc4)c4cc(-c6ccc7ccc8cccc9ccc6c7c89)ccc4-5)=C4C=CC(=C1)C2C34. The maximum atomic E-state index is 2.53. The van der Waals surface area contributed by atoms with Crippen molar-refractivity contribution in [1.82, 2.24) is 0 Å². The maximum Gasteiger partial charge on any atom is 0.0713 e. The van der Waals surface area contributed by atoms with Gasteiger partial charge in [-0.25, -0.2) is 0 Å². The molecule has 0 radical (unpaired) electrons.